The molecule has 0 radical (unpaired) electrons. The summed E-state index contributed by atoms with van der Waals surface area (Å²) < 4.78 is 0. The molecular formula is C19H28ClN3S. The molecule has 3 heterocycles. The number of hydrogen-bond donors (Lipinski definition) is 0. The standard InChI is InChI=1S/C19H27N3S.ClH/c1-20(2)19(23)22-10-5-7-15-13-21-11-9-14-6-3-4-8-16(14)18(21)12-17(15)22;/h3-4,6,8,15,17-18H,5,7,9-13H2,1-2H3;1H. The monoisotopic (exact) mass is 365 g/mol. The zero-order valence-corrected chi connectivity index (χ0v) is 16.3. The van der Waals surface area contributed by atoms with Crippen molar-refractivity contribution in [2.45, 2.75) is 37.8 Å². The van der Waals surface area contributed by atoms with Gasteiger partial charge in [-0.2, -0.15) is 0 Å². The van der Waals surface area contributed by atoms with E-state index in [0.717, 1.165) is 17.6 Å². The van der Waals surface area contributed by atoms with Crippen molar-refractivity contribution in [3.63, 3.8) is 0 Å². The molecule has 0 aliphatic carbocycles. The van der Waals surface area contributed by atoms with Gasteiger partial charge in [0, 0.05) is 45.8 Å². The highest BCUT2D eigenvalue weighted by atomic mass is 35.5. The highest BCUT2D eigenvalue weighted by molar-refractivity contribution is 7.80. The SMILES string of the molecule is CN(C)C(=S)N1CCCC2CN3CCc4ccccc4C3CC21.Cl. The lowest BCUT2D eigenvalue weighted by atomic mass is 9.77. The van der Waals surface area contributed by atoms with E-state index in [2.05, 4.69) is 53.1 Å². The fraction of sp³-hybridized carbons (Fsp3) is 0.632. The Hall–Kier alpha value is -0.840. The molecule has 3 aliphatic rings. The van der Waals surface area contributed by atoms with Crippen LogP contribution in [0.15, 0.2) is 24.3 Å². The number of rotatable bonds is 0. The summed E-state index contributed by atoms with van der Waals surface area (Å²) in [5.74, 6) is 0.781. The molecule has 1 aromatic carbocycles. The number of fused-ring (bicyclic) bond motifs is 4. The molecule has 0 bridgehead atoms. The van der Waals surface area contributed by atoms with Crippen LogP contribution < -0.4 is 0 Å². The van der Waals surface area contributed by atoms with Crippen LogP contribution >= 0.6 is 24.6 Å². The van der Waals surface area contributed by atoms with E-state index in [4.69, 9.17) is 12.2 Å². The first-order valence-corrected chi connectivity index (χ1v) is 9.35. The van der Waals surface area contributed by atoms with Crippen LogP contribution in [0.5, 0.6) is 0 Å². The average molecular weight is 366 g/mol. The van der Waals surface area contributed by atoms with Gasteiger partial charge in [0.2, 0.25) is 0 Å². The van der Waals surface area contributed by atoms with E-state index in [1.165, 1.54) is 38.8 Å². The molecule has 132 valence electrons. The van der Waals surface area contributed by atoms with Gasteiger partial charge in [-0.25, -0.2) is 0 Å². The molecule has 4 rings (SSSR count). The predicted octanol–water partition coefficient (Wildman–Crippen LogP) is 3.34. The lowest BCUT2D eigenvalue weighted by Crippen LogP contribution is -2.58. The summed E-state index contributed by atoms with van der Waals surface area (Å²) in [7, 11) is 4.16. The number of thiocarbonyl (C=S) groups is 1. The van der Waals surface area contributed by atoms with Crippen molar-refractivity contribution in [2.24, 2.45) is 5.92 Å². The lowest BCUT2D eigenvalue weighted by Gasteiger charge is -2.53. The predicted molar refractivity (Wildman–Crippen MR) is 106 cm³/mol. The summed E-state index contributed by atoms with van der Waals surface area (Å²) in [6.07, 6.45) is 5.09. The molecule has 3 atom stereocenters. The molecule has 1 aromatic rings. The van der Waals surface area contributed by atoms with Gasteiger partial charge in [-0.1, -0.05) is 24.3 Å². The van der Waals surface area contributed by atoms with Gasteiger partial charge >= 0.3 is 0 Å². The van der Waals surface area contributed by atoms with E-state index in [1.807, 2.05) is 0 Å². The molecule has 0 aromatic heterocycles. The second-order valence-corrected chi connectivity index (χ2v) is 7.90. The second-order valence-electron chi connectivity index (χ2n) is 7.54. The molecule has 5 heteroatoms. The van der Waals surface area contributed by atoms with Crippen molar-refractivity contribution >= 4 is 29.7 Å². The Labute approximate surface area is 157 Å². The minimum Gasteiger partial charge on any atom is -0.355 e. The number of hydrogen-bond acceptors (Lipinski definition) is 2. The Kier molecular flexibility index (Phi) is 5.38. The van der Waals surface area contributed by atoms with Gasteiger partial charge in [0.1, 0.15) is 0 Å². The maximum Gasteiger partial charge on any atom is 0.171 e. The topological polar surface area (TPSA) is 9.72 Å². The van der Waals surface area contributed by atoms with Crippen molar-refractivity contribution in [3.05, 3.63) is 35.4 Å². The van der Waals surface area contributed by atoms with E-state index in [-0.39, 0.29) is 12.4 Å². The zero-order valence-electron chi connectivity index (χ0n) is 14.6. The normalized spacial score (nSPS) is 28.9. The average Bonchev–Trinajstić information content (AvgIpc) is 2.58. The molecule has 24 heavy (non-hydrogen) atoms. The van der Waals surface area contributed by atoms with Crippen molar-refractivity contribution in [2.75, 3.05) is 33.7 Å². The van der Waals surface area contributed by atoms with Gasteiger partial charge in [-0.05, 0) is 54.9 Å². The summed E-state index contributed by atoms with van der Waals surface area (Å²) in [4.78, 5) is 7.38. The van der Waals surface area contributed by atoms with Crippen molar-refractivity contribution < 1.29 is 0 Å². The van der Waals surface area contributed by atoms with Crippen molar-refractivity contribution in [3.8, 4) is 0 Å². The third-order valence-electron chi connectivity index (χ3n) is 6.00. The Morgan fingerprint density at radius 3 is 2.79 bits per heavy atom. The molecule has 2 fully saturated rings. The number of likely N-dealkylation sites (tertiary alicyclic amines) is 1. The van der Waals surface area contributed by atoms with E-state index >= 15 is 0 Å². The largest absolute Gasteiger partial charge is 0.355 e. The molecule has 2 saturated heterocycles. The molecule has 0 N–H and O–H groups in total. The molecular weight excluding hydrogens is 338 g/mol. The first kappa shape index (κ1) is 18.0. The summed E-state index contributed by atoms with van der Waals surface area (Å²) >= 11 is 5.73. The van der Waals surface area contributed by atoms with Gasteiger partial charge < -0.3 is 9.80 Å². The Morgan fingerprint density at radius 1 is 1.21 bits per heavy atom. The van der Waals surface area contributed by atoms with E-state index in [1.54, 1.807) is 11.1 Å². The van der Waals surface area contributed by atoms with Crippen LogP contribution in [0.4, 0.5) is 0 Å². The zero-order chi connectivity index (χ0) is 16.0. The highest BCUT2D eigenvalue weighted by Crippen LogP contribution is 2.42. The summed E-state index contributed by atoms with van der Waals surface area (Å²) in [6, 6.07) is 10.3. The fourth-order valence-electron chi connectivity index (χ4n) is 4.89. The van der Waals surface area contributed by atoms with Crippen LogP contribution in [0.2, 0.25) is 0 Å². The van der Waals surface area contributed by atoms with E-state index < -0.39 is 0 Å². The van der Waals surface area contributed by atoms with Gasteiger partial charge in [-0.15, -0.1) is 12.4 Å². The van der Waals surface area contributed by atoms with Crippen molar-refractivity contribution in [1.29, 1.82) is 0 Å². The van der Waals surface area contributed by atoms with Gasteiger partial charge in [0.15, 0.2) is 5.11 Å². The Bertz CT molecular complexity index is 606. The third-order valence-corrected chi connectivity index (χ3v) is 6.60. The van der Waals surface area contributed by atoms with Crippen LogP contribution in [0.1, 0.15) is 36.4 Å². The van der Waals surface area contributed by atoms with Gasteiger partial charge in [-0.3, -0.25) is 4.90 Å². The minimum absolute atomic E-state index is 0. The van der Waals surface area contributed by atoms with Crippen LogP contribution in [-0.4, -0.2) is 59.6 Å². The maximum absolute atomic E-state index is 5.73. The van der Waals surface area contributed by atoms with E-state index in [9.17, 15) is 0 Å². The maximum atomic E-state index is 5.73. The molecule has 0 spiro atoms. The fourth-order valence-corrected chi connectivity index (χ4v) is 5.12. The summed E-state index contributed by atoms with van der Waals surface area (Å²) in [6.45, 7) is 3.60. The summed E-state index contributed by atoms with van der Waals surface area (Å²) in [5.41, 5.74) is 3.13. The first-order chi connectivity index (χ1) is 11.1. The van der Waals surface area contributed by atoms with Crippen LogP contribution in [-0.2, 0) is 6.42 Å². The molecule has 3 nitrogen and oxygen atoms in total. The quantitative estimate of drug-likeness (QED) is 0.652. The van der Waals surface area contributed by atoms with Crippen LogP contribution in [0.25, 0.3) is 0 Å². The number of nitrogens with zero attached hydrogens (tertiary/aromatic N) is 3. The Morgan fingerprint density at radius 2 is 2.00 bits per heavy atom. The first-order valence-electron chi connectivity index (χ1n) is 8.95. The van der Waals surface area contributed by atoms with Gasteiger partial charge in [0.25, 0.3) is 0 Å². The molecule has 0 amide bonds. The number of piperidine rings is 2. The Balaban J connectivity index is 0.00000169. The molecule has 3 aliphatic heterocycles. The van der Waals surface area contributed by atoms with E-state index in [0.29, 0.717) is 12.1 Å². The lowest BCUT2D eigenvalue weighted by molar-refractivity contribution is 0.0145. The number of benzene rings is 1. The highest BCUT2D eigenvalue weighted by Gasteiger charge is 2.43. The van der Waals surface area contributed by atoms with Crippen molar-refractivity contribution in [1.82, 2.24) is 14.7 Å². The van der Waals surface area contributed by atoms with Gasteiger partial charge in [0.05, 0.1) is 0 Å². The molecule has 0 saturated carbocycles. The summed E-state index contributed by atoms with van der Waals surface area (Å²) in [5, 5.41) is 1.03. The molecule has 3 unspecified atom stereocenters. The smallest absolute Gasteiger partial charge is 0.171 e. The minimum atomic E-state index is 0. The number of halogens is 1. The third kappa shape index (κ3) is 3.04. The van der Waals surface area contributed by atoms with Crippen LogP contribution in [0, 0.1) is 5.92 Å². The van der Waals surface area contributed by atoms with Crippen LogP contribution in [0.3, 0.4) is 0 Å². The second kappa shape index (κ2) is 7.19.